The van der Waals surface area contributed by atoms with Crippen molar-refractivity contribution in [1.29, 1.82) is 0 Å². The van der Waals surface area contributed by atoms with E-state index in [4.69, 9.17) is 5.11 Å². The molecule has 1 atom stereocenters. The van der Waals surface area contributed by atoms with Gasteiger partial charge >= 0.3 is 5.97 Å². The van der Waals surface area contributed by atoms with Crippen molar-refractivity contribution in [3.8, 4) is 0 Å². The molecule has 0 spiro atoms. The van der Waals surface area contributed by atoms with E-state index in [-0.39, 0.29) is 5.75 Å². The number of rotatable bonds is 6. The van der Waals surface area contributed by atoms with Gasteiger partial charge in [0.15, 0.2) is 5.16 Å². The van der Waals surface area contributed by atoms with Gasteiger partial charge in [0.25, 0.3) is 0 Å². The number of hydrogen-bond donors (Lipinski definition) is 1. The molecule has 0 amide bonds. The fourth-order valence-electron chi connectivity index (χ4n) is 2.87. The smallest absolute Gasteiger partial charge is 0.313 e. The van der Waals surface area contributed by atoms with Crippen LogP contribution < -0.4 is 4.90 Å². The van der Waals surface area contributed by atoms with Crippen LogP contribution in [0.2, 0.25) is 0 Å². The van der Waals surface area contributed by atoms with Gasteiger partial charge < -0.3 is 10.0 Å². The van der Waals surface area contributed by atoms with Crippen molar-refractivity contribution in [2.24, 2.45) is 0 Å². The van der Waals surface area contributed by atoms with Gasteiger partial charge in [-0.25, -0.2) is 0 Å². The Morgan fingerprint density at radius 2 is 2.20 bits per heavy atom. The SMILES string of the molecule is CCC1CCCN1c1nnc(SCC(=O)O)n1C1CC1. The van der Waals surface area contributed by atoms with E-state index in [2.05, 4.69) is 26.6 Å². The second-order valence-corrected chi connectivity index (χ2v) is 6.41. The first-order chi connectivity index (χ1) is 9.70. The maximum Gasteiger partial charge on any atom is 0.313 e. The molecule has 0 bridgehead atoms. The molecule has 110 valence electrons. The number of aliphatic carboxylic acids is 1. The molecule has 2 fully saturated rings. The number of hydrogen-bond acceptors (Lipinski definition) is 5. The first-order valence-electron chi connectivity index (χ1n) is 7.26. The quantitative estimate of drug-likeness (QED) is 0.811. The highest BCUT2D eigenvalue weighted by Gasteiger charge is 2.34. The topological polar surface area (TPSA) is 71.2 Å². The Morgan fingerprint density at radius 3 is 2.85 bits per heavy atom. The third-order valence-electron chi connectivity index (χ3n) is 3.99. The zero-order valence-corrected chi connectivity index (χ0v) is 12.5. The predicted molar refractivity (Wildman–Crippen MR) is 77.3 cm³/mol. The third-order valence-corrected chi connectivity index (χ3v) is 4.92. The molecule has 1 aromatic rings. The van der Waals surface area contributed by atoms with Crippen molar-refractivity contribution >= 4 is 23.7 Å². The van der Waals surface area contributed by atoms with Crippen molar-refractivity contribution in [2.75, 3.05) is 17.2 Å². The van der Waals surface area contributed by atoms with Crippen LogP contribution in [0.15, 0.2) is 5.16 Å². The number of thioether (sulfide) groups is 1. The number of nitrogens with zero attached hydrogens (tertiary/aromatic N) is 4. The summed E-state index contributed by atoms with van der Waals surface area (Å²) in [5.74, 6) is 0.182. The maximum absolute atomic E-state index is 10.7. The van der Waals surface area contributed by atoms with Crippen LogP contribution in [0.25, 0.3) is 0 Å². The Hall–Kier alpha value is -1.24. The van der Waals surface area contributed by atoms with Gasteiger partial charge in [0, 0.05) is 18.6 Å². The monoisotopic (exact) mass is 296 g/mol. The van der Waals surface area contributed by atoms with E-state index in [9.17, 15) is 4.79 Å². The number of carbonyl (C=O) groups is 1. The van der Waals surface area contributed by atoms with Gasteiger partial charge in [-0.05, 0) is 32.1 Å². The van der Waals surface area contributed by atoms with E-state index < -0.39 is 5.97 Å². The first kappa shape index (κ1) is 13.7. The lowest BCUT2D eigenvalue weighted by Crippen LogP contribution is -2.31. The molecular formula is C13H20N4O2S. The average molecular weight is 296 g/mol. The van der Waals surface area contributed by atoms with Gasteiger partial charge in [0.1, 0.15) is 0 Å². The summed E-state index contributed by atoms with van der Waals surface area (Å²) in [5.41, 5.74) is 0. The summed E-state index contributed by atoms with van der Waals surface area (Å²) in [6, 6.07) is 1.02. The van der Waals surface area contributed by atoms with Gasteiger partial charge in [0.2, 0.25) is 5.95 Å². The lowest BCUT2D eigenvalue weighted by molar-refractivity contribution is -0.133. The Labute approximate surface area is 122 Å². The van der Waals surface area contributed by atoms with Crippen molar-refractivity contribution in [2.45, 2.75) is 56.3 Å². The van der Waals surface area contributed by atoms with Crippen molar-refractivity contribution in [3.63, 3.8) is 0 Å². The standard InChI is InChI=1S/C13H20N4O2S/c1-2-9-4-3-7-16(9)12-14-15-13(20-8-11(18)19)17(12)10-5-6-10/h9-10H,2-8H2,1H3,(H,18,19). The summed E-state index contributed by atoms with van der Waals surface area (Å²) in [7, 11) is 0. The summed E-state index contributed by atoms with van der Waals surface area (Å²) in [6.45, 7) is 3.24. The molecule has 6 nitrogen and oxygen atoms in total. The lowest BCUT2D eigenvalue weighted by Gasteiger charge is -2.25. The maximum atomic E-state index is 10.7. The number of anilines is 1. The third kappa shape index (κ3) is 2.63. The van der Waals surface area contributed by atoms with Crippen LogP contribution in [0.1, 0.15) is 45.1 Å². The largest absolute Gasteiger partial charge is 0.481 e. The minimum Gasteiger partial charge on any atom is -0.481 e. The Morgan fingerprint density at radius 1 is 1.40 bits per heavy atom. The minimum atomic E-state index is -0.811. The molecule has 2 aliphatic rings. The van der Waals surface area contributed by atoms with Crippen LogP contribution in [0.4, 0.5) is 5.95 Å². The predicted octanol–water partition coefficient (Wildman–Crippen LogP) is 2.17. The molecule has 20 heavy (non-hydrogen) atoms. The molecule has 0 aromatic carbocycles. The average Bonchev–Trinajstić information content (AvgIpc) is 3.02. The number of aromatic nitrogens is 3. The molecule has 1 aliphatic carbocycles. The van der Waals surface area contributed by atoms with Gasteiger partial charge in [-0.1, -0.05) is 18.7 Å². The van der Waals surface area contributed by atoms with E-state index in [1.54, 1.807) is 0 Å². The van der Waals surface area contributed by atoms with Gasteiger partial charge in [-0.3, -0.25) is 9.36 Å². The highest BCUT2D eigenvalue weighted by molar-refractivity contribution is 7.99. The summed E-state index contributed by atoms with van der Waals surface area (Å²) in [6.07, 6.45) is 5.83. The summed E-state index contributed by atoms with van der Waals surface area (Å²) in [5, 5.41) is 18.2. The molecule has 7 heteroatoms. The van der Waals surface area contributed by atoms with Crippen LogP contribution in [0, 0.1) is 0 Å². The molecule has 2 heterocycles. The van der Waals surface area contributed by atoms with Gasteiger partial charge in [0.05, 0.1) is 5.75 Å². The fourth-order valence-corrected chi connectivity index (χ4v) is 3.59. The molecule has 1 saturated carbocycles. The second kappa shape index (κ2) is 5.63. The lowest BCUT2D eigenvalue weighted by atomic mass is 10.2. The fraction of sp³-hybridized carbons (Fsp3) is 0.769. The van der Waals surface area contributed by atoms with Crippen molar-refractivity contribution < 1.29 is 9.90 Å². The van der Waals surface area contributed by atoms with Gasteiger partial charge in [-0.2, -0.15) is 0 Å². The van der Waals surface area contributed by atoms with E-state index in [1.807, 2.05) is 0 Å². The highest BCUT2D eigenvalue weighted by Crippen LogP contribution is 2.42. The van der Waals surface area contributed by atoms with Crippen LogP contribution in [0.5, 0.6) is 0 Å². The van der Waals surface area contributed by atoms with Crippen molar-refractivity contribution in [3.05, 3.63) is 0 Å². The van der Waals surface area contributed by atoms with Crippen LogP contribution in [-0.2, 0) is 4.79 Å². The summed E-state index contributed by atoms with van der Waals surface area (Å²) >= 11 is 1.28. The van der Waals surface area contributed by atoms with E-state index in [0.29, 0.717) is 12.1 Å². The van der Waals surface area contributed by atoms with Gasteiger partial charge in [-0.15, -0.1) is 10.2 Å². The zero-order chi connectivity index (χ0) is 14.1. The Bertz CT molecular complexity index is 501. The second-order valence-electron chi connectivity index (χ2n) is 5.46. The van der Waals surface area contributed by atoms with E-state index in [1.165, 1.54) is 24.6 Å². The molecule has 1 saturated heterocycles. The normalized spacial score (nSPS) is 22.4. The molecular weight excluding hydrogens is 276 g/mol. The first-order valence-corrected chi connectivity index (χ1v) is 8.25. The Kier molecular flexibility index (Phi) is 3.87. The van der Waals surface area contributed by atoms with E-state index >= 15 is 0 Å². The van der Waals surface area contributed by atoms with Crippen LogP contribution in [0.3, 0.4) is 0 Å². The molecule has 1 N–H and O–H groups in total. The summed E-state index contributed by atoms with van der Waals surface area (Å²) < 4.78 is 2.17. The van der Waals surface area contributed by atoms with E-state index in [0.717, 1.165) is 36.9 Å². The van der Waals surface area contributed by atoms with Crippen LogP contribution >= 0.6 is 11.8 Å². The van der Waals surface area contributed by atoms with Crippen LogP contribution in [-0.4, -0.2) is 44.2 Å². The Balaban J connectivity index is 1.85. The van der Waals surface area contributed by atoms with Crippen molar-refractivity contribution in [1.82, 2.24) is 14.8 Å². The summed E-state index contributed by atoms with van der Waals surface area (Å²) in [4.78, 5) is 13.1. The zero-order valence-electron chi connectivity index (χ0n) is 11.7. The molecule has 0 radical (unpaired) electrons. The highest BCUT2D eigenvalue weighted by atomic mass is 32.2. The molecule has 1 unspecified atom stereocenters. The molecule has 3 rings (SSSR count). The molecule has 1 aromatic heterocycles. The number of carboxylic acids is 1. The molecule has 1 aliphatic heterocycles. The minimum absolute atomic E-state index is 0.0437. The number of carboxylic acid groups (broad SMARTS) is 1.